The van der Waals surface area contributed by atoms with Crippen molar-refractivity contribution in [2.45, 2.75) is 85.7 Å². The maximum absolute atomic E-state index is 8.36. The number of rotatable bonds is 10. The Morgan fingerprint density at radius 3 is 1.21 bits per heavy atom. The molecule has 0 amide bonds. The lowest BCUT2D eigenvalue weighted by Gasteiger charge is -2.21. The monoisotopic (exact) mass is 277 g/mol. The first-order chi connectivity index (χ1) is 8.62. The van der Waals surface area contributed by atoms with E-state index in [0.29, 0.717) is 0 Å². The number of aliphatic hydroxyl groups is 1. The van der Waals surface area contributed by atoms with Crippen LogP contribution in [-0.2, 0) is 0 Å². The van der Waals surface area contributed by atoms with Crippen LogP contribution in [0.1, 0.15) is 79.6 Å². The predicted octanol–water partition coefficient (Wildman–Crippen LogP) is 3.64. The first kappa shape index (κ1) is 23.9. The molecule has 0 bridgehead atoms. The van der Waals surface area contributed by atoms with E-state index in [2.05, 4.69) is 25.7 Å². The summed E-state index contributed by atoms with van der Waals surface area (Å²) in [5.41, 5.74) is 0. The smallest absolute Gasteiger partial charge is 0.0509 e. The zero-order valence-corrected chi connectivity index (χ0v) is 14.0. The van der Waals surface area contributed by atoms with E-state index in [1.807, 2.05) is 6.92 Å². The molecule has 0 saturated heterocycles. The highest BCUT2D eigenvalue weighted by atomic mass is 16.3. The number of hydrogen-bond donors (Lipinski definition) is 1. The second-order valence-corrected chi connectivity index (χ2v) is 5.16. The lowest BCUT2D eigenvalue weighted by molar-refractivity contribution is 0.191. The maximum Gasteiger partial charge on any atom is 0.0509 e. The molecule has 120 valence electrons. The molecule has 0 rings (SSSR count). The molecule has 0 aromatic heterocycles. The first-order valence-corrected chi connectivity index (χ1v) is 8.02. The Kier molecular flexibility index (Phi) is 25.5. The normalized spacial score (nSPS) is 11.5. The average Bonchev–Trinajstić information content (AvgIpc) is 2.38. The van der Waals surface area contributed by atoms with Crippen LogP contribution in [0.15, 0.2) is 0 Å². The summed E-state index contributed by atoms with van der Waals surface area (Å²) in [6, 6.07) is 0. The van der Waals surface area contributed by atoms with Gasteiger partial charge in [-0.15, -0.1) is 0 Å². The van der Waals surface area contributed by atoms with Crippen LogP contribution in [-0.4, -0.2) is 41.2 Å². The van der Waals surface area contributed by atoms with Gasteiger partial charge in [0, 0.05) is 0 Å². The van der Waals surface area contributed by atoms with E-state index in [9.17, 15) is 0 Å². The third kappa shape index (κ3) is 23.4. The minimum Gasteiger partial charge on any atom is -0.412 e. The second-order valence-electron chi connectivity index (χ2n) is 5.16. The van der Waals surface area contributed by atoms with Crippen molar-refractivity contribution in [2.24, 2.45) is 0 Å². The van der Waals surface area contributed by atoms with E-state index in [4.69, 9.17) is 5.11 Å². The van der Waals surface area contributed by atoms with Gasteiger partial charge in [0.25, 0.3) is 0 Å². The highest BCUT2D eigenvalue weighted by Crippen LogP contribution is 2.01. The van der Waals surface area contributed by atoms with Crippen molar-refractivity contribution < 1.29 is 10.6 Å². The fourth-order valence-corrected chi connectivity index (χ4v) is 1.48. The van der Waals surface area contributed by atoms with Crippen LogP contribution >= 0.6 is 0 Å². The van der Waals surface area contributed by atoms with Crippen molar-refractivity contribution >= 4 is 0 Å². The molecule has 0 heterocycles. The van der Waals surface area contributed by atoms with Gasteiger partial charge in [-0.2, -0.15) is 0 Å². The zero-order chi connectivity index (χ0) is 14.2. The van der Waals surface area contributed by atoms with E-state index in [1.165, 1.54) is 58.2 Å². The zero-order valence-electron chi connectivity index (χ0n) is 14.0. The molecule has 3 nitrogen and oxygen atoms in total. The highest BCUT2D eigenvalue weighted by molar-refractivity contribution is 4.57. The Hall–Kier alpha value is -0.120. The molecule has 19 heavy (non-hydrogen) atoms. The minimum absolute atomic E-state index is 0. The summed E-state index contributed by atoms with van der Waals surface area (Å²) in [5, 5.41) is 8.36. The highest BCUT2D eigenvalue weighted by Gasteiger charge is 2.01. The molecule has 1 unspecified atom stereocenters. The molecular formula is C16H39NO2. The molecule has 0 radical (unpaired) electrons. The molecule has 0 saturated carbocycles. The topological polar surface area (TPSA) is 55.0 Å². The van der Waals surface area contributed by atoms with Crippen LogP contribution in [0, 0.1) is 0 Å². The summed E-state index contributed by atoms with van der Waals surface area (Å²) >= 11 is 0. The quantitative estimate of drug-likeness (QED) is 0.663. The summed E-state index contributed by atoms with van der Waals surface area (Å²) in [4.78, 5) is 2.64. The Bertz CT molecular complexity index is 122. The second kappa shape index (κ2) is 20.2. The van der Waals surface area contributed by atoms with Crippen molar-refractivity contribution in [3.63, 3.8) is 0 Å². The Labute approximate surface area is 121 Å². The first-order valence-electron chi connectivity index (χ1n) is 8.02. The number of nitrogens with zero attached hydrogens (tertiary/aromatic N) is 1. The van der Waals surface area contributed by atoms with Crippen LogP contribution in [0.5, 0.6) is 0 Å². The molecule has 3 heteroatoms. The van der Waals surface area contributed by atoms with Crippen molar-refractivity contribution in [2.75, 3.05) is 19.6 Å². The molecule has 1 atom stereocenters. The van der Waals surface area contributed by atoms with Gasteiger partial charge in [-0.05, 0) is 52.2 Å². The molecule has 0 fully saturated rings. The van der Waals surface area contributed by atoms with Crippen LogP contribution in [0.2, 0.25) is 0 Å². The number of unbranched alkanes of at least 4 members (excludes halogenated alkanes) is 3. The molecule has 0 spiro atoms. The van der Waals surface area contributed by atoms with Crippen molar-refractivity contribution in [3.8, 4) is 0 Å². The summed E-state index contributed by atoms with van der Waals surface area (Å²) in [6.07, 6.45) is 8.84. The van der Waals surface area contributed by atoms with Crippen LogP contribution in [0.3, 0.4) is 0 Å². The summed E-state index contributed by atoms with van der Waals surface area (Å²) in [7, 11) is 0. The SMILES string of the molecule is CCC(C)O.CCCCN(CCCC)CCCC.O. The minimum atomic E-state index is -0.116. The largest absolute Gasteiger partial charge is 0.412 e. The molecular weight excluding hydrogens is 238 g/mol. The standard InChI is InChI=1S/C12H27N.C4H10O.H2O/c1-4-7-10-13(11-8-5-2)12-9-6-3;1-3-4(2)5;/h4-12H2,1-3H3;4-5H,3H2,1-2H3;1H2. The molecule has 0 aliphatic heterocycles. The Morgan fingerprint density at radius 2 is 1.05 bits per heavy atom. The van der Waals surface area contributed by atoms with Gasteiger partial charge in [-0.25, -0.2) is 0 Å². The third-order valence-electron chi connectivity index (χ3n) is 3.07. The summed E-state index contributed by atoms with van der Waals surface area (Å²) in [6.45, 7) is 14.5. The Balaban J connectivity index is -0.000000366. The number of aliphatic hydroxyl groups excluding tert-OH is 1. The lowest BCUT2D eigenvalue weighted by Crippen LogP contribution is -2.27. The fourth-order valence-electron chi connectivity index (χ4n) is 1.48. The van der Waals surface area contributed by atoms with Gasteiger partial charge < -0.3 is 15.5 Å². The van der Waals surface area contributed by atoms with Gasteiger partial charge in [0.15, 0.2) is 0 Å². The molecule has 0 aromatic rings. The van der Waals surface area contributed by atoms with Crippen LogP contribution in [0.4, 0.5) is 0 Å². The number of hydrogen-bond acceptors (Lipinski definition) is 2. The van der Waals surface area contributed by atoms with Crippen molar-refractivity contribution in [1.82, 2.24) is 4.90 Å². The van der Waals surface area contributed by atoms with E-state index >= 15 is 0 Å². The van der Waals surface area contributed by atoms with Crippen LogP contribution in [0.25, 0.3) is 0 Å². The molecule has 0 aliphatic carbocycles. The van der Waals surface area contributed by atoms with Gasteiger partial charge in [0.1, 0.15) is 0 Å². The summed E-state index contributed by atoms with van der Waals surface area (Å²) < 4.78 is 0. The van der Waals surface area contributed by atoms with Crippen molar-refractivity contribution in [3.05, 3.63) is 0 Å². The van der Waals surface area contributed by atoms with Gasteiger partial charge >= 0.3 is 0 Å². The van der Waals surface area contributed by atoms with Crippen LogP contribution < -0.4 is 0 Å². The van der Waals surface area contributed by atoms with Crippen molar-refractivity contribution in [1.29, 1.82) is 0 Å². The average molecular weight is 277 g/mol. The summed E-state index contributed by atoms with van der Waals surface area (Å²) in [5.74, 6) is 0. The maximum atomic E-state index is 8.36. The molecule has 3 N–H and O–H groups in total. The van der Waals surface area contributed by atoms with Gasteiger partial charge in [-0.3, -0.25) is 0 Å². The predicted molar refractivity (Wildman–Crippen MR) is 86.7 cm³/mol. The van der Waals surface area contributed by atoms with Gasteiger partial charge in [0.05, 0.1) is 6.10 Å². The lowest BCUT2D eigenvalue weighted by atomic mass is 10.2. The molecule has 0 aromatic carbocycles. The fraction of sp³-hybridized carbons (Fsp3) is 1.00. The van der Waals surface area contributed by atoms with E-state index in [0.717, 1.165) is 6.42 Å². The van der Waals surface area contributed by atoms with E-state index in [-0.39, 0.29) is 11.6 Å². The van der Waals surface area contributed by atoms with E-state index < -0.39 is 0 Å². The van der Waals surface area contributed by atoms with E-state index in [1.54, 1.807) is 6.92 Å². The third-order valence-corrected chi connectivity index (χ3v) is 3.07. The Morgan fingerprint density at radius 1 is 0.789 bits per heavy atom. The van der Waals surface area contributed by atoms with Gasteiger partial charge in [0.2, 0.25) is 0 Å². The molecule has 0 aliphatic rings. The van der Waals surface area contributed by atoms with Gasteiger partial charge in [-0.1, -0.05) is 47.0 Å².